The van der Waals surface area contributed by atoms with Crippen molar-refractivity contribution >= 4 is 12.7 Å². The molecule has 5 heteroatoms. The maximum atomic E-state index is 11.8. The van der Waals surface area contributed by atoms with Crippen LogP contribution in [0, 0.1) is 0 Å². The Hall–Kier alpha value is -1.07. The summed E-state index contributed by atoms with van der Waals surface area (Å²) >= 11 is 0. The predicted molar refractivity (Wildman–Crippen MR) is 72.1 cm³/mol. The highest BCUT2D eigenvalue weighted by Crippen LogP contribution is 2.36. The van der Waals surface area contributed by atoms with Crippen molar-refractivity contribution in [1.82, 2.24) is 4.57 Å². The molecule has 0 amide bonds. The Morgan fingerprint density at radius 1 is 1.17 bits per heavy atom. The van der Waals surface area contributed by atoms with E-state index in [0.717, 1.165) is 5.59 Å². The molecule has 4 nitrogen and oxygen atoms in total. The van der Waals surface area contributed by atoms with Gasteiger partial charge in [0.15, 0.2) is 0 Å². The summed E-state index contributed by atoms with van der Waals surface area (Å²) in [5.41, 5.74) is -0.0158. The summed E-state index contributed by atoms with van der Waals surface area (Å²) in [6.45, 7) is 10.6. The van der Waals surface area contributed by atoms with Gasteiger partial charge in [-0.15, -0.1) is 0 Å². The van der Waals surface area contributed by atoms with E-state index < -0.39 is 7.12 Å². The van der Waals surface area contributed by atoms with E-state index in [9.17, 15) is 4.79 Å². The smallest absolute Gasteiger partial charge is 0.398 e. The third-order valence-electron chi connectivity index (χ3n) is 3.89. The zero-order valence-electron chi connectivity index (χ0n) is 11.7. The zero-order valence-corrected chi connectivity index (χ0v) is 11.7. The van der Waals surface area contributed by atoms with Gasteiger partial charge in [-0.25, -0.2) is 0 Å². The van der Waals surface area contributed by atoms with Gasteiger partial charge in [0.2, 0.25) is 5.56 Å². The van der Waals surface area contributed by atoms with Crippen molar-refractivity contribution < 1.29 is 9.31 Å². The molecule has 98 valence electrons. The van der Waals surface area contributed by atoms with Crippen LogP contribution < -0.4 is 11.2 Å². The molecule has 1 fully saturated rings. The summed E-state index contributed by atoms with van der Waals surface area (Å²) in [4.78, 5) is 11.8. The molecular weight excluding hydrogens is 229 g/mol. The van der Waals surface area contributed by atoms with Crippen LogP contribution >= 0.6 is 0 Å². The van der Waals surface area contributed by atoms with Crippen LogP contribution in [0.2, 0.25) is 0 Å². The van der Waals surface area contributed by atoms with Crippen LogP contribution in [-0.2, 0) is 15.9 Å². The predicted octanol–water partition coefficient (Wildman–Crippen LogP) is 1.17. The van der Waals surface area contributed by atoms with Gasteiger partial charge in [-0.1, -0.05) is 6.07 Å². The number of rotatable bonds is 2. The highest BCUT2D eigenvalue weighted by Gasteiger charge is 2.52. The summed E-state index contributed by atoms with van der Waals surface area (Å²) in [5, 5.41) is 0. The average Bonchev–Trinajstić information content (AvgIpc) is 2.47. The first kappa shape index (κ1) is 13.4. The normalized spacial score (nSPS) is 21.3. The van der Waals surface area contributed by atoms with Crippen molar-refractivity contribution in [1.29, 1.82) is 0 Å². The fraction of sp³-hybridized carbons (Fsp3) is 0.615. The fourth-order valence-corrected chi connectivity index (χ4v) is 2.04. The second kappa shape index (κ2) is 4.25. The molecule has 0 aromatic carbocycles. The van der Waals surface area contributed by atoms with Gasteiger partial charge in [0.25, 0.3) is 0 Å². The number of hydrogen-bond donors (Lipinski definition) is 0. The lowest BCUT2D eigenvalue weighted by Crippen LogP contribution is -2.45. The monoisotopic (exact) mass is 249 g/mol. The van der Waals surface area contributed by atoms with E-state index in [1.807, 2.05) is 40.7 Å². The Balaban J connectivity index is 2.41. The number of aromatic nitrogens is 1. The molecule has 0 radical (unpaired) electrons. The van der Waals surface area contributed by atoms with E-state index in [4.69, 9.17) is 9.31 Å². The van der Waals surface area contributed by atoms with Gasteiger partial charge in [0, 0.05) is 12.6 Å². The van der Waals surface area contributed by atoms with E-state index in [1.165, 1.54) is 0 Å². The summed E-state index contributed by atoms with van der Waals surface area (Å²) in [5.74, 6) is 0. The van der Waals surface area contributed by atoms with Crippen molar-refractivity contribution in [2.24, 2.45) is 0 Å². The van der Waals surface area contributed by atoms with Crippen molar-refractivity contribution in [3.8, 4) is 0 Å². The Bertz CT molecular complexity index is 491. The topological polar surface area (TPSA) is 40.5 Å². The molecule has 18 heavy (non-hydrogen) atoms. The van der Waals surface area contributed by atoms with Crippen LogP contribution in [0.4, 0.5) is 0 Å². The van der Waals surface area contributed by atoms with E-state index in [2.05, 4.69) is 0 Å². The summed E-state index contributed by atoms with van der Waals surface area (Å²) in [6.07, 6.45) is 0. The van der Waals surface area contributed by atoms with Crippen molar-refractivity contribution in [2.45, 2.75) is 52.4 Å². The molecule has 0 atom stereocenters. The van der Waals surface area contributed by atoms with Gasteiger partial charge in [-0.2, -0.15) is 0 Å². The third kappa shape index (κ3) is 2.02. The van der Waals surface area contributed by atoms with Crippen LogP contribution in [0.15, 0.2) is 23.0 Å². The van der Waals surface area contributed by atoms with Crippen molar-refractivity contribution in [2.75, 3.05) is 0 Å². The minimum absolute atomic E-state index is 0.0234. The quantitative estimate of drug-likeness (QED) is 0.738. The Kier molecular flexibility index (Phi) is 3.15. The number of pyridine rings is 1. The molecule has 2 rings (SSSR count). The molecule has 0 bridgehead atoms. The molecule has 1 aliphatic heterocycles. The minimum atomic E-state index is -0.483. The van der Waals surface area contributed by atoms with Crippen LogP contribution in [0.3, 0.4) is 0 Å². The van der Waals surface area contributed by atoms with Crippen LogP contribution in [0.1, 0.15) is 34.6 Å². The second-order valence-electron chi connectivity index (χ2n) is 5.62. The number of hydrogen-bond acceptors (Lipinski definition) is 3. The van der Waals surface area contributed by atoms with Gasteiger partial charge in [-0.05, 0) is 40.7 Å². The Morgan fingerprint density at radius 2 is 1.72 bits per heavy atom. The summed E-state index contributed by atoms with van der Waals surface area (Å²) in [7, 11) is -0.483. The third-order valence-corrected chi connectivity index (χ3v) is 3.89. The van der Waals surface area contributed by atoms with Gasteiger partial charge in [0.05, 0.1) is 16.8 Å². The van der Waals surface area contributed by atoms with Crippen molar-refractivity contribution in [3.63, 3.8) is 0 Å². The highest BCUT2D eigenvalue weighted by atomic mass is 16.7. The molecule has 1 aromatic heterocycles. The lowest BCUT2D eigenvalue weighted by atomic mass is 9.83. The Morgan fingerprint density at radius 3 is 2.22 bits per heavy atom. The highest BCUT2D eigenvalue weighted by molar-refractivity contribution is 6.61. The van der Waals surface area contributed by atoms with E-state index >= 15 is 0 Å². The average molecular weight is 249 g/mol. The minimum Gasteiger partial charge on any atom is -0.398 e. The van der Waals surface area contributed by atoms with E-state index in [-0.39, 0.29) is 16.8 Å². The van der Waals surface area contributed by atoms with Gasteiger partial charge < -0.3 is 13.9 Å². The first-order valence-corrected chi connectivity index (χ1v) is 6.34. The van der Waals surface area contributed by atoms with Gasteiger partial charge >= 0.3 is 7.12 Å². The lowest BCUT2D eigenvalue weighted by molar-refractivity contribution is 0.00578. The van der Waals surface area contributed by atoms with Gasteiger partial charge in [0.1, 0.15) is 0 Å². The molecule has 1 aromatic rings. The maximum Gasteiger partial charge on any atom is 0.512 e. The lowest BCUT2D eigenvalue weighted by Gasteiger charge is -2.32. The maximum absolute atomic E-state index is 11.8. The zero-order chi connectivity index (χ0) is 13.6. The molecule has 0 unspecified atom stereocenters. The van der Waals surface area contributed by atoms with Crippen molar-refractivity contribution in [3.05, 3.63) is 28.6 Å². The first-order valence-electron chi connectivity index (χ1n) is 6.34. The second-order valence-corrected chi connectivity index (χ2v) is 5.62. The molecular formula is C13H20BNO3. The first-order chi connectivity index (χ1) is 8.28. The molecule has 0 saturated carbocycles. The largest absolute Gasteiger partial charge is 0.512 e. The van der Waals surface area contributed by atoms with Gasteiger partial charge in [-0.3, -0.25) is 4.79 Å². The fourth-order valence-electron chi connectivity index (χ4n) is 2.04. The molecule has 1 aliphatic rings. The molecule has 1 saturated heterocycles. The van der Waals surface area contributed by atoms with Crippen LogP contribution in [0.25, 0.3) is 0 Å². The summed E-state index contributed by atoms with van der Waals surface area (Å²) < 4.78 is 13.6. The molecule has 0 spiro atoms. The molecule has 0 N–H and O–H groups in total. The SMILES string of the molecule is CCn1c(B2OC(C)(C)C(C)(C)O2)cccc1=O. The van der Waals surface area contributed by atoms with E-state index in [0.29, 0.717) is 6.54 Å². The summed E-state index contributed by atoms with van der Waals surface area (Å²) in [6, 6.07) is 5.18. The van der Waals surface area contributed by atoms with Crippen LogP contribution in [-0.4, -0.2) is 22.9 Å². The standard InChI is InChI=1S/C13H20BNO3/c1-6-15-10(8-7-9-11(15)16)14-17-12(2,3)13(4,5)18-14/h7-9H,6H2,1-5H3. The van der Waals surface area contributed by atoms with E-state index in [1.54, 1.807) is 16.7 Å². The van der Waals surface area contributed by atoms with Crippen LogP contribution in [0.5, 0.6) is 0 Å². The number of nitrogens with zero attached hydrogens (tertiary/aromatic N) is 1. The molecule has 0 aliphatic carbocycles. The molecule has 2 heterocycles. The Labute approximate surface area is 108 Å².